The lowest BCUT2D eigenvalue weighted by molar-refractivity contribution is -0.149. The Morgan fingerprint density at radius 1 is 1.35 bits per heavy atom. The number of carboxylic acid groups (broad SMARTS) is 1. The minimum atomic E-state index is -3.72. The van der Waals surface area contributed by atoms with Crippen LogP contribution in [0, 0.1) is 18.3 Å². The molecule has 2 aliphatic rings. The molecule has 4 rings (SSSR count). The summed E-state index contributed by atoms with van der Waals surface area (Å²) in [5.74, 6) is -0.444. The number of oxazole rings is 1. The van der Waals surface area contributed by atoms with Crippen LogP contribution in [-0.2, 0) is 14.8 Å². The molecule has 0 radical (unpaired) electrons. The third kappa shape index (κ3) is 2.55. The summed E-state index contributed by atoms with van der Waals surface area (Å²) in [6, 6.07) is 6.45. The lowest BCUT2D eigenvalue weighted by Crippen LogP contribution is -2.37. The Morgan fingerprint density at radius 3 is 2.65 bits per heavy atom. The Kier molecular flexibility index (Phi) is 3.92. The number of sulfonamides is 1. The van der Waals surface area contributed by atoms with Crippen molar-refractivity contribution in [2.45, 2.75) is 31.1 Å². The molecule has 2 aromatic rings. The zero-order valence-electron chi connectivity index (χ0n) is 14.4. The summed E-state index contributed by atoms with van der Waals surface area (Å²) in [7, 11) is -3.72. The predicted octanol–water partition coefficient (Wildman–Crippen LogP) is 2.53. The first kappa shape index (κ1) is 17.2. The summed E-state index contributed by atoms with van der Waals surface area (Å²) in [6.07, 6.45) is 3.68. The van der Waals surface area contributed by atoms with E-state index >= 15 is 0 Å². The Labute approximate surface area is 151 Å². The molecule has 8 heteroatoms. The van der Waals surface area contributed by atoms with Crippen LogP contribution in [-0.4, -0.2) is 41.9 Å². The molecular weight excluding hydrogens is 356 g/mol. The highest BCUT2D eigenvalue weighted by molar-refractivity contribution is 7.89. The van der Waals surface area contributed by atoms with Crippen LogP contribution in [0.4, 0.5) is 0 Å². The maximum atomic E-state index is 13.0. The lowest BCUT2D eigenvalue weighted by Gasteiger charge is -2.23. The van der Waals surface area contributed by atoms with Crippen molar-refractivity contribution in [3.8, 4) is 11.3 Å². The number of benzene rings is 1. The van der Waals surface area contributed by atoms with Crippen LogP contribution >= 0.6 is 0 Å². The highest BCUT2D eigenvalue weighted by Gasteiger charge is 2.57. The molecule has 0 spiro atoms. The molecule has 1 aromatic carbocycles. The van der Waals surface area contributed by atoms with Gasteiger partial charge in [-0.15, -0.1) is 0 Å². The zero-order chi connectivity index (χ0) is 18.5. The number of carboxylic acids is 1. The van der Waals surface area contributed by atoms with E-state index in [1.807, 2.05) is 0 Å². The van der Waals surface area contributed by atoms with Gasteiger partial charge >= 0.3 is 5.97 Å². The molecule has 2 heterocycles. The van der Waals surface area contributed by atoms with E-state index in [1.165, 1.54) is 22.7 Å². The Bertz CT molecular complexity index is 950. The largest absolute Gasteiger partial charge is 0.481 e. The lowest BCUT2D eigenvalue weighted by atomic mass is 9.81. The van der Waals surface area contributed by atoms with Gasteiger partial charge in [0.1, 0.15) is 12.0 Å². The first-order valence-corrected chi connectivity index (χ1v) is 10.0. The average molecular weight is 376 g/mol. The van der Waals surface area contributed by atoms with Crippen molar-refractivity contribution in [2.75, 3.05) is 13.1 Å². The molecule has 0 unspecified atom stereocenters. The first-order chi connectivity index (χ1) is 12.3. The summed E-state index contributed by atoms with van der Waals surface area (Å²) in [4.78, 5) is 16.2. The minimum absolute atomic E-state index is 0.0551. The van der Waals surface area contributed by atoms with E-state index in [9.17, 15) is 18.3 Å². The minimum Gasteiger partial charge on any atom is -0.481 e. The number of aromatic nitrogens is 1. The highest BCUT2D eigenvalue weighted by atomic mass is 32.2. The third-order valence-corrected chi connectivity index (χ3v) is 7.50. The van der Waals surface area contributed by atoms with Gasteiger partial charge in [-0.25, -0.2) is 13.4 Å². The molecule has 1 aromatic heterocycles. The van der Waals surface area contributed by atoms with Crippen molar-refractivity contribution < 1.29 is 22.7 Å². The van der Waals surface area contributed by atoms with Crippen LogP contribution in [0.3, 0.4) is 0 Å². The van der Waals surface area contributed by atoms with Crippen molar-refractivity contribution in [3.63, 3.8) is 0 Å². The van der Waals surface area contributed by atoms with Gasteiger partial charge in [-0.1, -0.05) is 18.6 Å². The van der Waals surface area contributed by atoms with Gasteiger partial charge in [-0.05, 0) is 30.9 Å². The fraction of sp³-hybridized carbons (Fsp3) is 0.444. The van der Waals surface area contributed by atoms with Crippen LogP contribution in [0.5, 0.6) is 0 Å². The fourth-order valence-corrected chi connectivity index (χ4v) is 5.77. The number of hydrogen-bond donors (Lipinski definition) is 1. The Balaban J connectivity index is 1.60. The van der Waals surface area contributed by atoms with Crippen molar-refractivity contribution in [1.82, 2.24) is 9.29 Å². The summed E-state index contributed by atoms with van der Waals surface area (Å²) in [6.45, 7) is 2.07. The highest BCUT2D eigenvalue weighted by Crippen LogP contribution is 2.50. The molecule has 1 aliphatic carbocycles. The number of rotatable bonds is 4. The maximum Gasteiger partial charge on any atom is 0.311 e. The SMILES string of the molecule is Cc1nc(-c2ccc(S(=O)(=O)N3C[C@@H]4CCC[C@@]4(C(=O)O)C3)cc2)co1. The number of nitrogens with zero attached hydrogens (tertiary/aromatic N) is 2. The van der Waals surface area contributed by atoms with Gasteiger partial charge in [0.05, 0.1) is 10.3 Å². The molecule has 2 fully saturated rings. The van der Waals surface area contributed by atoms with Crippen LogP contribution in [0.2, 0.25) is 0 Å². The molecule has 26 heavy (non-hydrogen) atoms. The standard InChI is InChI=1S/C18H20N2O5S/c1-12-19-16(10-25-12)13-4-6-15(7-5-13)26(23,24)20-9-14-3-2-8-18(14,11-20)17(21)22/h4-7,10,14H,2-3,8-9,11H2,1H3,(H,21,22)/t14-,18+/m0/s1. The second-order valence-electron chi connectivity index (χ2n) is 7.12. The van der Waals surface area contributed by atoms with Crippen LogP contribution < -0.4 is 0 Å². The van der Waals surface area contributed by atoms with Gasteiger partial charge in [-0.3, -0.25) is 4.79 Å². The molecule has 1 N–H and O–H groups in total. The summed E-state index contributed by atoms with van der Waals surface area (Å²) in [5.41, 5.74) is 0.485. The van der Waals surface area contributed by atoms with Gasteiger partial charge in [0.15, 0.2) is 5.89 Å². The smallest absolute Gasteiger partial charge is 0.311 e. The van der Waals surface area contributed by atoms with Gasteiger partial charge in [0.25, 0.3) is 0 Å². The van der Waals surface area contributed by atoms with Gasteiger partial charge in [0.2, 0.25) is 10.0 Å². The topological polar surface area (TPSA) is 101 Å². The number of aliphatic carboxylic acids is 1. The van der Waals surface area contributed by atoms with E-state index in [-0.39, 0.29) is 23.9 Å². The second-order valence-corrected chi connectivity index (χ2v) is 9.06. The van der Waals surface area contributed by atoms with E-state index in [0.717, 1.165) is 18.4 Å². The second kappa shape index (κ2) is 5.92. The predicted molar refractivity (Wildman–Crippen MR) is 92.8 cm³/mol. The molecule has 7 nitrogen and oxygen atoms in total. The third-order valence-electron chi connectivity index (χ3n) is 5.67. The molecule has 0 amide bonds. The van der Waals surface area contributed by atoms with E-state index in [2.05, 4.69) is 4.98 Å². The monoisotopic (exact) mass is 376 g/mol. The molecule has 0 bridgehead atoms. The fourth-order valence-electron chi connectivity index (χ4n) is 4.22. The van der Waals surface area contributed by atoms with E-state index in [1.54, 1.807) is 19.1 Å². The molecule has 1 aliphatic heterocycles. The maximum absolute atomic E-state index is 13.0. The van der Waals surface area contributed by atoms with Gasteiger partial charge < -0.3 is 9.52 Å². The zero-order valence-corrected chi connectivity index (χ0v) is 15.2. The van der Waals surface area contributed by atoms with Gasteiger partial charge in [-0.2, -0.15) is 4.31 Å². The average Bonchev–Trinajstić information content (AvgIpc) is 3.28. The van der Waals surface area contributed by atoms with E-state index < -0.39 is 21.4 Å². The van der Waals surface area contributed by atoms with Gasteiger partial charge in [0, 0.05) is 25.6 Å². The molecule has 1 saturated carbocycles. The van der Waals surface area contributed by atoms with E-state index in [0.29, 0.717) is 18.0 Å². The number of aryl methyl sites for hydroxylation is 1. The normalized spacial score (nSPS) is 26.1. The summed E-state index contributed by atoms with van der Waals surface area (Å²) >= 11 is 0. The van der Waals surface area contributed by atoms with Crippen LogP contribution in [0.1, 0.15) is 25.2 Å². The molecular formula is C18H20N2O5S. The summed E-state index contributed by atoms with van der Waals surface area (Å²) in [5, 5.41) is 9.66. The summed E-state index contributed by atoms with van der Waals surface area (Å²) < 4.78 is 32.5. The molecule has 1 saturated heterocycles. The van der Waals surface area contributed by atoms with Crippen LogP contribution in [0.15, 0.2) is 39.8 Å². The van der Waals surface area contributed by atoms with E-state index in [4.69, 9.17) is 4.42 Å². The Hall–Kier alpha value is -2.19. The molecule has 2 atom stereocenters. The number of fused-ring (bicyclic) bond motifs is 1. The van der Waals surface area contributed by atoms with Crippen molar-refractivity contribution in [2.24, 2.45) is 11.3 Å². The number of hydrogen-bond acceptors (Lipinski definition) is 5. The van der Waals surface area contributed by atoms with Crippen molar-refractivity contribution in [1.29, 1.82) is 0 Å². The van der Waals surface area contributed by atoms with Crippen molar-refractivity contribution >= 4 is 16.0 Å². The number of carbonyl (C=O) groups is 1. The van der Waals surface area contributed by atoms with Crippen molar-refractivity contribution in [3.05, 3.63) is 36.4 Å². The Morgan fingerprint density at radius 2 is 2.08 bits per heavy atom. The quantitative estimate of drug-likeness (QED) is 0.880. The molecule has 138 valence electrons. The first-order valence-electron chi connectivity index (χ1n) is 8.59. The van der Waals surface area contributed by atoms with Crippen LogP contribution in [0.25, 0.3) is 11.3 Å².